The second kappa shape index (κ2) is 2.78. The molecule has 0 heterocycles. The lowest BCUT2D eigenvalue weighted by atomic mass is 10.7. The number of nitrogens with zero attached hydrogens (tertiary/aromatic N) is 1. The van der Waals surface area contributed by atoms with E-state index in [1.807, 2.05) is 0 Å². The zero-order valence-electron chi connectivity index (χ0n) is 3.26. The second-order valence-electron chi connectivity index (χ2n) is 0.755. The van der Waals surface area contributed by atoms with Crippen LogP contribution >= 0.6 is 22.6 Å². The van der Waals surface area contributed by atoms with Crippen molar-refractivity contribution < 1.29 is 10.0 Å². The van der Waals surface area contributed by atoms with Crippen molar-refractivity contribution in [3.8, 4) is 0 Å². The van der Waals surface area contributed by atoms with Gasteiger partial charge in [-0.25, -0.2) is 0 Å². The third kappa shape index (κ3) is 2.38. The van der Waals surface area contributed by atoms with Gasteiger partial charge < -0.3 is 10.9 Å². The molecule has 1 amide bonds. The first-order chi connectivity index (χ1) is 3.18. The average molecular weight is 214 g/mol. The van der Waals surface area contributed by atoms with Crippen LogP contribution in [0, 0.1) is 0 Å². The van der Waals surface area contributed by atoms with E-state index in [1.54, 1.807) is 0 Å². The Morgan fingerprint density at radius 2 is 2.29 bits per heavy atom. The van der Waals surface area contributed by atoms with Gasteiger partial charge in [-0.1, -0.05) is 5.16 Å². The molecule has 0 saturated carbocycles. The third-order valence-electron chi connectivity index (χ3n) is 0.291. The van der Waals surface area contributed by atoms with Crippen LogP contribution in [0.2, 0.25) is 0 Å². The number of oxime groups is 1. The first kappa shape index (κ1) is 6.67. The Kier molecular flexibility index (Phi) is 2.65. The lowest BCUT2D eigenvalue weighted by Crippen LogP contribution is -2.17. The number of halogens is 1. The summed E-state index contributed by atoms with van der Waals surface area (Å²) >= 11 is 1.52. The van der Waals surface area contributed by atoms with E-state index in [9.17, 15) is 4.79 Å². The van der Waals surface area contributed by atoms with E-state index in [-0.39, 0.29) is 3.72 Å². The van der Waals surface area contributed by atoms with Crippen LogP contribution < -0.4 is 5.73 Å². The maximum Gasteiger partial charge on any atom is 0.277 e. The van der Waals surface area contributed by atoms with Gasteiger partial charge in [-0.15, -0.1) is 0 Å². The maximum atomic E-state index is 9.85. The Bertz CT molecular complexity index is 110. The molecule has 0 spiro atoms. The van der Waals surface area contributed by atoms with E-state index < -0.39 is 5.91 Å². The van der Waals surface area contributed by atoms with Crippen molar-refractivity contribution in [2.24, 2.45) is 10.9 Å². The summed E-state index contributed by atoms with van der Waals surface area (Å²) in [4.78, 5) is 9.85. The predicted octanol–water partition coefficient (Wildman–Crippen LogP) is -0.306. The van der Waals surface area contributed by atoms with Gasteiger partial charge >= 0.3 is 0 Å². The normalized spacial score (nSPS) is 11.3. The zero-order valence-corrected chi connectivity index (χ0v) is 5.42. The summed E-state index contributed by atoms with van der Waals surface area (Å²) in [5, 5.41) is 10.3. The average Bonchev–Trinajstić information content (AvgIpc) is 1.65. The minimum Gasteiger partial charge on any atom is -0.410 e. The fourth-order valence-corrected chi connectivity index (χ4v) is 0.0493. The van der Waals surface area contributed by atoms with Crippen molar-refractivity contribution in [2.45, 2.75) is 0 Å². The smallest absolute Gasteiger partial charge is 0.277 e. The molecule has 0 unspecified atom stereocenters. The molecule has 0 saturated heterocycles. The molecule has 0 aliphatic rings. The number of primary amides is 1. The van der Waals surface area contributed by atoms with Gasteiger partial charge in [0, 0.05) is 0 Å². The van der Waals surface area contributed by atoms with Gasteiger partial charge in [0.1, 0.15) is 0 Å². The van der Waals surface area contributed by atoms with Gasteiger partial charge in [-0.3, -0.25) is 4.79 Å². The van der Waals surface area contributed by atoms with Crippen molar-refractivity contribution >= 4 is 32.2 Å². The summed E-state index contributed by atoms with van der Waals surface area (Å²) < 4.78 is -0.113. The van der Waals surface area contributed by atoms with Gasteiger partial charge in [0.2, 0.25) is 3.72 Å². The van der Waals surface area contributed by atoms with Crippen molar-refractivity contribution in [2.75, 3.05) is 0 Å². The molecule has 0 aliphatic heterocycles. The van der Waals surface area contributed by atoms with Gasteiger partial charge in [0.05, 0.1) is 0 Å². The van der Waals surface area contributed by atoms with Gasteiger partial charge in [0.15, 0.2) is 0 Å². The van der Waals surface area contributed by atoms with Crippen molar-refractivity contribution in [1.82, 2.24) is 0 Å². The van der Waals surface area contributed by atoms with Crippen molar-refractivity contribution in [3.05, 3.63) is 0 Å². The Labute approximate surface area is 53.5 Å². The summed E-state index contributed by atoms with van der Waals surface area (Å²) in [6, 6.07) is 0. The van der Waals surface area contributed by atoms with Crippen LogP contribution in [0.15, 0.2) is 5.16 Å². The largest absolute Gasteiger partial charge is 0.410 e. The highest BCUT2D eigenvalue weighted by Crippen LogP contribution is 1.85. The monoisotopic (exact) mass is 214 g/mol. The molecular weight excluding hydrogens is 211 g/mol. The highest BCUT2D eigenvalue weighted by molar-refractivity contribution is 14.1. The van der Waals surface area contributed by atoms with Crippen LogP contribution in [0.4, 0.5) is 0 Å². The Morgan fingerprint density at radius 1 is 1.86 bits per heavy atom. The van der Waals surface area contributed by atoms with Gasteiger partial charge in [0.25, 0.3) is 5.91 Å². The molecule has 0 aliphatic carbocycles. The van der Waals surface area contributed by atoms with Crippen LogP contribution in [0.5, 0.6) is 0 Å². The van der Waals surface area contributed by atoms with E-state index in [4.69, 9.17) is 5.21 Å². The van der Waals surface area contributed by atoms with Crippen molar-refractivity contribution in [3.63, 3.8) is 0 Å². The molecule has 0 aromatic heterocycles. The van der Waals surface area contributed by atoms with E-state index in [1.165, 1.54) is 22.6 Å². The number of rotatable bonds is 1. The fourth-order valence-electron chi connectivity index (χ4n) is 0.0493. The third-order valence-corrected chi connectivity index (χ3v) is 1.04. The van der Waals surface area contributed by atoms with Crippen molar-refractivity contribution in [1.29, 1.82) is 0 Å². The Hall–Kier alpha value is -0.330. The van der Waals surface area contributed by atoms with E-state index in [0.29, 0.717) is 0 Å². The highest BCUT2D eigenvalue weighted by atomic mass is 127. The van der Waals surface area contributed by atoms with Crippen LogP contribution in [0.25, 0.3) is 0 Å². The summed E-state index contributed by atoms with van der Waals surface area (Å²) in [5.74, 6) is -0.719. The Balaban J connectivity index is 3.82. The number of hydrogen-bond donors (Lipinski definition) is 2. The lowest BCUT2D eigenvalue weighted by molar-refractivity contribution is -0.111. The minimum absolute atomic E-state index is 0.113. The summed E-state index contributed by atoms with van der Waals surface area (Å²) in [5.41, 5.74) is 4.61. The molecule has 0 fully saturated rings. The first-order valence-corrected chi connectivity index (χ1v) is 2.43. The number of amides is 1. The molecule has 0 radical (unpaired) electrons. The molecule has 40 valence electrons. The quantitative estimate of drug-likeness (QED) is 0.272. The first-order valence-electron chi connectivity index (χ1n) is 1.36. The van der Waals surface area contributed by atoms with Crippen LogP contribution in [-0.2, 0) is 4.79 Å². The SMILES string of the molecule is NC(=O)/C(I)=N/O. The fraction of sp³-hybridized carbons (Fsp3) is 0. The maximum absolute atomic E-state index is 9.85. The highest BCUT2D eigenvalue weighted by Gasteiger charge is 1.97. The number of carbonyl (C=O) groups is 1. The molecular formula is C2H3IN2O2. The lowest BCUT2D eigenvalue weighted by Gasteiger charge is -1.80. The zero-order chi connectivity index (χ0) is 5.86. The van der Waals surface area contributed by atoms with Gasteiger partial charge in [-0.05, 0) is 22.6 Å². The topological polar surface area (TPSA) is 75.7 Å². The molecule has 0 aromatic carbocycles. The van der Waals surface area contributed by atoms with Crippen LogP contribution in [0.3, 0.4) is 0 Å². The van der Waals surface area contributed by atoms with Crippen LogP contribution in [0.1, 0.15) is 0 Å². The molecule has 7 heavy (non-hydrogen) atoms. The number of carbonyl (C=O) groups excluding carboxylic acids is 1. The molecule has 0 atom stereocenters. The molecule has 0 bridgehead atoms. The second-order valence-corrected chi connectivity index (χ2v) is 1.78. The predicted molar refractivity (Wildman–Crippen MR) is 32.4 cm³/mol. The van der Waals surface area contributed by atoms with Crippen LogP contribution in [-0.4, -0.2) is 14.8 Å². The molecule has 0 rings (SSSR count). The number of nitrogens with two attached hydrogens (primary N) is 1. The van der Waals surface area contributed by atoms with E-state index in [2.05, 4.69) is 10.9 Å². The molecule has 3 N–H and O–H groups in total. The van der Waals surface area contributed by atoms with E-state index >= 15 is 0 Å². The molecule has 0 aromatic rings. The minimum atomic E-state index is -0.719. The standard InChI is InChI=1S/C2H3IN2O2/c3-1(5-7)2(4)6/h7H,(H2,4,6)/b5-1-. The molecule has 4 nitrogen and oxygen atoms in total. The summed E-state index contributed by atoms with van der Waals surface area (Å²) in [6.07, 6.45) is 0. The summed E-state index contributed by atoms with van der Waals surface area (Å²) in [7, 11) is 0. The van der Waals surface area contributed by atoms with E-state index in [0.717, 1.165) is 0 Å². The Morgan fingerprint density at radius 3 is 2.29 bits per heavy atom. The summed E-state index contributed by atoms with van der Waals surface area (Å²) in [6.45, 7) is 0. The van der Waals surface area contributed by atoms with Gasteiger partial charge in [-0.2, -0.15) is 0 Å². The number of hydrogen-bond acceptors (Lipinski definition) is 3. The molecule has 5 heteroatoms.